The highest BCUT2D eigenvalue weighted by molar-refractivity contribution is 5.80. The van der Waals surface area contributed by atoms with Gasteiger partial charge in [-0.1, -0.05) is 0 Å². The van der Waals surface area contributed by atoms with Gasteiger partial charge in [0.15, 0.2) is 0 Å². The summed E-state index contributed by atoms with van der Waals surface area (Å²) in [7, 11) is 2.12. The van der Waals surface area contributed by atoms with Crippen LogP contribution in [-0.2, 0) is 0 Å². The van der Waals surface area contributed by atoms with Gasteiger partial charge in [0.05, 0.1) is 5.52 Å². The molecule has 0 amide bonds. The fraction of sp³-hybridized carbons (Fsp3) is 0.429. The normalized spacial score (nSPS) is 20.4. The van der Waals surface area contributed by atoms with Crippen molar-refractivity contribution in [3.05, 3.63) is 30.1 Å². The minimum absolute atomic E-state index is 0.267. The third-order valence-corrected chi connectivity index (χ3v) is 3.43. The van der Waals surface area contributed by atoms with E-state index in [0.717, 1.165) is 36.1 Å². The highest BCUT2D eigenvalue weighted by atomic mass is 16.5. The van der Waals surface area contributed by atoms with E-state index < -0.39 is 0 Å². The molecule has 4 nitrogen and oxygen atoms in total. The zero-order valence-corrected chi connectivity index (χ0v) is 10.8. The quantitative estimate of drug-likeness (QED) is 0.809. The van der Waals surface area contributed by atoms with Gasteiger partial charge in [0.2, 0.25) is 5.88 Å². The number of pyridine rings is 2. The Bertz CT molecular complexity index is 570. The van der Waals surface area contributed by atoms with E-state index in [1.54, 1.807) is 6.20 Å². The summed E-state index contributed by atoms with van der Waals surface area (Å²) in [6, 6.07) is 5.91. The Hall–Kier alpha value is -1.68. The Balaban J connectivity index is 1.85. The molecule has 0 aromatic carbocycles. The first-order valence-corrected chi connectivity index (χ1v) is 6.30. The molecule has 1 atom stereocenters. The lowest BCUT2D eigenvalue weighted by Crippen LogP contribution is -2.21. The molecule has 18 heavy (non-hydrogen) atoms. The van der Waals surface area contributed by atoms with Crippen molar-refractivity contribution < 1.29 is 4.74 Å². The van der Waals surface area contributed by atoms with E-state index in [9.17, 15) is 0 Å². The van der Waals surface area contributed by atoms with Crippen LogP contribution in [0.5, 0.6) is 5.88 Å². The van der Waals surface area contributed by atoms with E-state index >= 15 is 0 Å². The van der Waals surface area contributed by atoms with Gasteiger partial charge in [-0.2, -0.15) is 0 Å². The first-order chi connectivity index (χ1) is 8.72. The van der Waals surface area contributed by atoms with E-state index in [1.165, 1.54) is 0 Å². The molecule has 0 spiro atoms. The molecule has 1 aliphatic heterocycles. The Labute approximate surface area is 107 Å². The summed E-state index contributed by atoms with van der Waals surface area (Å²) in [4.78, 5) is 11.1. The van der Waals surface area contributed by atoms with Crippen LogP contribution in [0.2, 0.25) is 0 Å². The van der Waals surface area contributed by atoms with Gasteiger partial charge in [-0.25, -0.2) is 4.98 Å². The number of hydrogen-bond acceptors (Lipinski definition) is 4. The lowest BCUT2D eigenvalue weighted by atomic mass is 10.2. The van der Waals surface area contributed by atoms with Crippen molar-refractivity contribution in [1.29, 1.82) is 0 Å². The summed E-state index contributed by atoms with van der Waals surface area (Å²) >= 11 is 0. The Morgan fingerprint density at radius 2 is 2.22 bits per heavy atom. The summed E-state index contributed by atoms with van der Waals surface area (Å²) in [5.74, 6) is 0.716. The van der Waals surface area contributed by atoms with Crippen molar-refractivity contribution in [2.24, 2.45) is 0 Å². The lowest BCUT2D eigenvalue weighted by molar-refractivity contribution is 0.201. The average Bonchev–Trinajstić information content (AvgIpc) is 2.75. The molecule has 1 saturated heterocycles. The number of rotatable bonds is 2. The molecule has 0 radical (unpaired) electrons. The van der Waals surface area contributed by atoms with Crippen LogP contribution in [0.15, 0.2) is 24.4 Å². The van der Waals surface area contributed by atoms with Gasteiger partial charge in [-0.15, -0.1) is 0 Å². The highest BCUT2D eigenvalue weighted by Gasteiger charge is 2.21. The Kier molecular flexibility index (Phi) is 2.88. The summed E-state index contributed by atoms with van der Waals surface area (Å²) in [5.41, 5.74) is 1.96. The Morgan fingerprint density at radius 3 is 3.00 bits per heavy atom. The number of hydrogen-bond donors (Lipinski definition) is 0. The number of likely N-dealkylation sites (tertiary alicyclic amines) is 1. The molecule has 2 aromatic heterocycles. The first kappa shape index (κ1) is 11.4. The second-order valence-electron chi connectivity index (χ2n) is 4.90. The maximum atomic E-state index is 5.92. The van der Waals surface area contributed by atoms with Crippen LogP contribution in [0.3, 0.4) is 0 Å². The molecule has 1 aliphatic rings. The molecule has 3 heterocycles. The topological polar surface area (TPSA) is 38.3 Å². The third-order valence-electron chi connectivity index (χ3n) is 3.43. The predicted octanol–water partition coefficient (Wildman–Crippen LogP) is 2.02. The van der Waals surface area contributed by atoms with Gasteiger partial charge in [0.1, 0.15) is 6.10 Å². The smallest absolute Gasteiger partial charge is 0.214 e. The van der Waals surface area contributed by atoms with Crippen molar-refractivity contribution in [3.8, 4) is 5.88 Å². The Morgan fingerprint density at radius 1 is 1.33 bits per heavy atom. The van der Waals surface area contributed by atoms with Crippen LogP contribution in [0.1, 0.15) is 12.1 Å². The largest absolute Gasteiger partial charge is 0.473 e. The van der Waals surface area contributed by atoms with Gasteiger partial charge < -0.3 is 9.64 Å². The van der Waals surface area contributed by atoms with E-state index in [-0.39, 0.29) is 6.10 Å². The molecule has 0 bridgehead atoms. The minimum Gasteiger partial charge on any atom is -0.473 e. The number of ether oxygens (including phenoxy) is 1. The van der Waals surface area contributed by atoms with E-state index in [4.69, 9.17) is 4.74 Å². The van der Waals surface area contributed by atoms with Crippen LogP contribution >= 0.6 is 0 Å². The maximum Gasteiger partial charge on any atom is 0.214 e. The van der Waals surface area contributed by atoms with Crippen LogP contribution < -0.4 is 4.74 Å². The van der Waals surface area contributed by atoms with E-state index in [2.05, 4.69) is 21.9 Å². The second-order valence-corrected chi connectivity index (χ2v) is 4.90. The van der Waals surface area contributed by atoms with Crippen molar-refractivity contribution in [2.45, 2.75) is 19.4 Å². The average molecular weight is 243 g/mol. The molecule has 1 unspecified atom stereocenters. The maximum absolute atomic E-state index is 5.92. The number of aromatic nitrogens is 2. The number of nitrogens with zero attached hydrogens (tertiary/aromatic N) is 3. The minimum atomic E-state index is 0.267. The summed E-state index contributed by atoms with van der Waals surface area (Å²) in [6.07, 6.45) is 3.13. The molecule has 2 aromatic rings. The summed E-state index contributed by atoms with van der Waals surface area (Å²) < 4.78 is 5.92. The van der Waals surface area contributed by atoms with Gasteiger partial charge in [-0.05, 0) is 32.5 Å². The summed E-state index contributed by atoms with van der Waals surface area (Å²) in [6.45, 7) is 4.08. The third kappa shape index (κ3) is 2.16. The van der Waals surface area contributed by atoms with Gasteiger partial charge >= 0.3 is 0 Å². The first-order valence-electron chi connectivity index (χ1n) is 6.30. The molecule has 4 heteroatoms. The van der Waals surface area contributed by atoms with E-state index in [0.29, 0.717) is 5.88 Å². The SMILES string of the molecule is Cc1nccc2nc(OC3CCN(C)C3)ccc12. The molecule has 94 valence electrons. The molecular formula is C14H17N3O. The fourth-order valence-electron chi connectivity index (χ4n) is 2.41. The number of fused-ring (bicyclic) bond motifs is 1. The standard InChI is InChI=1S/C14H17N3O/c1-10-12-3-4-14(16-13(12)5-7-15-10)18-11-6-8-17(2)9-11/h3-5,7,11H,6,8-9H2,1-2H3. The van der Waals surface area contributed by atoms with Crippen molar-refractivity contribution in [1.82, 2.24) is 14.9 Å². The molecular weight excluding hydrogens is 226 g/mol. The molecule has 0 aliphatic carbocycles. The summed E-state index contributed by atoms with van der Waals surface area (Å²) in [5, 5.41) is 1.09. The zero-order chi connectivity index (χ0) is 12.5. The van der Waals surface area contributed by atoms with Gasteiger partial charge in [0.25, 0.3) is 0 Å². The van der Waals surface area contributed by atoms with E-state index in [1.807, 2.05) is 25.1 Å². The monoisotopic (exact) mass is 243 g/mol. The van der Waals surface area contributed by atoms with Gasteiger partial charge in [-0.3, -0.25) is 4.98 Å². The van der Waals surface area contributed by atoms with Crippen LogP contribution in [0.4, 0.5) is 0 Å². The van der Waals surface area contributed by atoms with Crippen molar-refractivity contribution >= 4 is 10.9 Å². The number of aryl methyl sites for hydroxylation is 1. The fourth-order valence-corrected chi connectivity index (χ4v) is 2.41. The van der Waals surface area contributed by atoms with Crippen molar-refractivity contribution in [2.75, 3.05) is 20.1 Å². The number of likely N-dealkylation sites (N-methyl/N-ethyl adjacent to an activating group) is 1. The molecule has 1 fully saturated rings. The highest BCUT2D eigenvalue weighted by Crippen LogP contribution is 2.20. The van der Waals surface area contributed by atoms with Crippen LogP contribution in [0, 0.1) is 6.92 Å². The zero-order valence-electron chi connectivity index (χ0n) is 10.8. The second kappa shape index (κ2) is 4.53. The molecule has 3 rings (SSSR count). The lowest BCUT2D eigenvalue weighted by Gasteiger charge is -2.13. The van der Waals surface area contributed by atoms with Crippen molar-refractivity contribution in [3.63, 3.8) is 0 Å². The van der Waals surface area contributed by atoms with Gasteiger partial charge in [0, 0.05) is 36.4 Å². The molecule has 0 N–H and O–H groups in total. The van der Waals surface area contributed by atoms with Crippen LogP contribution in [0.25, 0.3) is 10.9 Å². The predicted molar refractivity (Wildman–Crippen MR) is 70.8 cm³/mol. The molecule has 0 saturated carbocycles. The van der Waals surface area contributed by atoms with Crippen LogP contribution in [-0.4, -0.2) is 41.1 Å².